The molecule has 0 spiro atoms. The number of hydrogen-bond donors (Lipinski definition) is 1. The molecule has 80 valence electrons. The first-order valence-corrected chi connectivity index (χ1v) is 5.66. The van der Waals surface area contributed by atoms with Gasteiger partial charge in [-0.25, -0.2) is 0 Å². The molecule has 3 atom stereocenters. The van der Waals surface area contributed by atoms with Gasteiger partial charge in [-0.05, 0) is 24.8 Å². The average molecular weight is 204 g/mol. The maximum atomic E-state index is 11.3. The van der Waals surface area contributed by atoms with Crippen LogP contribution >= 0.6 is 0 Å². The molecule has 3 nitrogen and oxygen atoms in total. The Bertz CT molecular complexity index is 437. The summed E-state index contributed by atoms with van der Waals surface area (Å²) in [6, 6.07) is 5.04. The Hall–Kier alpha value is -1.09. The first-order chi connectivity index (χ1) is 7.24. The van der Waals surface area contributed by atoms with Crippen LogP contribution in [0.1, 0.15) is 30.7 Å². The van der Waals surface area contributed by atoms with Gasteiger partial charge >= 0.3 is 0 Å². The summed E-state index contributed by atoms with van der Waals surface area (Å²) in [5.41, 5.74) is 1.40. The highest BCUT2D eigenvalue weighted by Crippen LogP contribution is 2.39. The third-order valence-electron chi connectivity index (χ3n) is 3.84. The fraction of sp³-hybridized carbons (Fsp3) is 0.583. The van der Waals surface area contributed by atoms with E-state index in [1.807, 2.05) is 19.3 Å². The molecule has 3 unspecified atom stereocenters. The van der Waals surface area contributed by atoms with Crippen LogP contribution in [0, 0.1) is 0 Å². The topological polar surface area (TPSA) is 34.0 Å². The molecule has 15 heavy (non-hydrogen) atoms. The second-order valence-electron chi connectivity index (χ2n) is 4.80. The summed E-state index contributed by atoms with van der Waals surface area (Å²) >= 11 is 0. The number of nitrogens with one attached hydrogen (secondary N) is 1. The minimum atomic E-state index is 0.0786. The van der Waals surface area contributed by atoms with Crippen LogP contribution in [0.4, 0.5) is 0 Å². The number of aryl methyl sites for hydroxylation is 1. The van der Waals surface area contributed by atoms with E-state index in [2.05, 4.69) is 5.32 Å². The summed E-state index contributed by atoms with van der Waals surface area (Å²) < 4.78 is 1.68. The molecule has 0 radical (unpaired) electrons. The van der Waals surface area contributed by atoms with Crippen molar-refractivity contribution in [3.63, 3.8) is 0 Å². The van der Waals surface area contributed by atoms with Gasteiger partial charge in [0, 0.05) is 37.3 Å². The van der Waals surface area contributed by atoms with E-state index in [-0.39, 0.29) is 5.56 Å². The smallest absolute Gasteiger partial charge is 0.250 e. The molecule has 3 rings (SSSR count). The molecule has 1 aromatic rings. The number of nitrogens with zero attached hydrogens (tertiary/aromatic N) is 1. The van der Waals surface area contributed by atoms with Crippen molar-refractivity contribution in [1.29, 1.82) is 0 Å². The van der Waals surface area contributed by atoms with E-state index < -0.39 is 0 Å². The average Bonchev–Trinajstić information content (AvgIpc) is 2.83. The molecule has 0 aromatic carbocycles. The van der Waals surface area contributed by atoms with E-state index in [9.17, 15) is 4.79 Å². The van der Waals surface area contributed by atoms with Crippen LogP contribution in [-0.4, -0.2) is 16.7 Å². The maximum absolute atomic E-state index is 11.3. The quantitative estimate of drug-likeness (QED) is 0.740. The minimum absolute atomic E-state index is 0.0786. The first-order valence-electron chi connectivity index (χ1n) is 5.66. The minimum Gasteiger partial charge on any atom is -0.318 e. The third kappa shape index (κ3) is 1.42. The van der Waals surface area contributed by atoms with E-state index in [4.69, 9.17) is 0 Å². The zero-order valence-corrected chi connectivity index (χ0v) is 8.94. The summed E-state index contributed by atoms with van der Waals surface area (Å²) in [6.45, 7) is 0. The van der Waals surface area contributed by atoms with Gasteiger partial charge in [-0.2, -0.15) is 0 Å². The van der Waals surface area contributed by atoms with Crippen molar-refractivity contribution in [3.8, 4) is 0 Å². The number of hydrogen-bond acceptors (Lipinski definition) is 2. The standard InChI is InChI=1S/C12H16N2O/c1-14-7-8(2-5-12(14)15)10-6-9-3-4-11(10)13-9/h2,5,7,9-11,13H,3-4,6H2,1H3. The first kappa shape index (κ1) is 9.16. The lowest BCUT2D eigenvalue weighted by molar-refractivity contribution is 0.503. The summed E-state index contributed by atoms with van der Waals surface area (Å²) in [6.07, 6.45) is 5.85. The molecule has 0 aliphatic carbocycles. The predicted molar refractivity (Wildman–Crippen MR) is 59.0 cm³/mol. The van der Waals surface area contributed by atoms with E-state index in [1.54, 1.807) is 10.6 Å². The SMILES string of the molecule is Cn1cc(C2CC3CCC2N3)ccc1=O. The normalized spacial score (nSPS) is 33.5. The Balaban J connectivity index is 1.93. The van der Waals surface area contributed by atoms with Gasteiger partial charge in [0.05, 0.1) is 0 Å². The Morgan fingerprint density at radius 1 is 1.40 bits per heavy atom. The molecule has 3 heteroatoms. The van der Waals surface area contributed by atoms with Gasteiger partial charge < -0.3 is 9.88 Å². The maximum Gasteiger partial charge on any atom is 0.250 e. The highest BCUT2D eigenvalue weighted by Gasteiger charge is 2.39. The number of aromatic nitrogens is 1. The molecule has 1 N–H and O–H groups in total. The van der Waals surface area contributed by atoms with Gasteiger partial charge in [0.15, 0.2) is 0 Å². The van der Waals surface area contributed by atoms with Gasteiger partial charge in [0.25, 0.3) is 0 Å². The van der Waals surface area contributed by atoms with E-state index in [0.29, 0.717) is 12.0 Å². The van der Waals surface area contributed by atoms with Crippen LogP contribution in [0.25, 0.3) is 0 Å². The van der Waals surface area contributed by atoms with E-state index >= 15 is 0 Å². The van der Waals surface area contributed by atoms with Gasteiger partial charge in [0.2, 0.25) is 5.56 Å². The lowest BCUT2D eigenvalue weighted by atomic mass is 9.85. The van der Waals surface area contributed by atoms with Crippen molar-refractivity contribution in [2.45, 2.75) is 37.3 Å². The van der Waals surface area contributed by atoms with Crippen molar-refractivity contribution in [3.05, 3.63) is 34.2 Å². The third-order valence-corrected chi connectivity index (χ3v) is 3.84. The number of rotatable bonds is 1. The molecular formula is C12H16N2O. The van der Waals surface area contributed by atoms with Gasteiger partial charge in [-0.1, -0.05) is 6.07 Å². The van der Waals surface area contributed by atoms with Crippen LogP contribution in [0.3, 0.4) is 0 Å². The highest BCUT2D eigenvalue weighted by molar-refractivity contribution is 5.22. The van der Waals surface area contributed by atoms with Crippen LogP contribution in [0.15, 0.2) is 23.1 Å². The molecule has 2 aliphatic rings. The molecule has 2 saturated heterocycles. The Morgan fingerprint density at radius 2 is 2.27 bits per heavy atom. The monoisotopic (exact) mass is 204 g/mol. The fourth-order valence-corrected chi connectivity index (χ4v) is 3.03. The summed E-state index contributed by atoms with van der Waals surface area (Å²) in [5.74, 6) is 0.621. The fourth-order valence-electron chi connectivity index (χ4n) is 3.03. The molecule has 0 saturated carbocycles. The molecule has 1 aromatic heterocycles. The molecule has 2 aliphatic heterocycles. The van der Waals surface area contributed by atoms with Crippen LogP contribution < -0.4 is 10.9 Å². The van der Waals surface area contributed by atoms with Crippen molar-refractivity contribution in [1.82, 2.24) is 9.88 Å². The van der Waals surface area contributed by atoms with Crippen molar-refractivity contribution < 1.29 is 0 Å². The van der Waals surface area contributed by atoms with Gasteiger partial charge in [-0.3, -0.25) is 4.79 Å². The second-order valence-corrected chi connectivity index (χ2v) is 4.80. The van der Waals surface area contributed by atoms with Gasteiger partial charge in [0.1, 0.15) is 0 Å². The lowest BCUT2D eigenvalue weighted by Gasteiger charge is -2.20. The van der Waals surface area contributed by atoms with Crippen LogP contribution in [0.5, 0.6) is 0 Å². The van der Waals surface area contributed by atoms with Crippen molar-refractivity contribution in [2.24, 2.45) is 7.05 Å². The Labute approximate surface area is 89.1 Å². The molecular weight excluding hydrogens is 188 g/mol. The van der Waals surface area contributed by atoms with E-state index in [0.717, 1.165) is 6.04 Å². The second kappa shape index (κ2) is 3.20. The summed E-state index contributed by atoms with van der Waals surface area (Å²) in [7, 11) is 1.83. The predicted octanol–water partition coefficient (Wildman–Crippen LogP) is 0.993. The zero-order chi connectivity index (χ0) is 10.4. The largest absolute Gasteiger partial charge is 0.318 e. The molecule has 0 amide bonds. The summed E-state index contributed by atoms with van der Waals surface area (Å²) in [4.78, 5) is 11.3. The lowest BCUT2D eigenvalue weighted by Crippen LogP contribution is -2.23. The number of pyridine rings is 1. The zero-order valence-electron chi connectivity index (χ0n) is 8.94. The van der Waals surface area contributed by atoms with Crippen LogP contribution in [-0.2, 0) is 7.05 Å². The van der Waals surface area contributed by atoms with Crippen molar-refractivity contribution in [2.75, 3.05) is 0 Å². The Kier molecular flexibility index (Phi) is 1.96. The Morgan fingerprint density at radius 3 is 2.87 bits per heavy atom. The highest BCUT2D eigenvalue weighted by atomic mass is 16.1. The summed E-state index contributed by atoms with van der Waals surface area (Å²) in [5, 5.41) is 3.62. The van der Waals surface area contributed by atoms with Gasteiger partial charge in [-0.15, -0.1) is 0 Å². The number of fused-ring (bicyclic) bond motifs is 2. The van der Waals surface area contributed by atoms with Crippen LogP contribution in [0.2, 0.25) is 0 Å². The van der Waals surface area contributed by atoms with E-state index in [1.165, 1.54) is 24.8 Å². The van der Waals surface area contributed by atoms with Crippen molar-refractivity contribution >= 4 is 0 Å². The molecule has 2 bridgehead atoms. The molecule has 3 heterocycles. The molecule has 2 fully saturated rings.